The van der Waals surface area contributed by atoms with E-state index in [2.05, 4.69) is 6.58 Å². The van der Waals surface area contributed by atoms with Crippen molar-refractivity contribution >= 4 is 0 Å². The number of aliphatic hydroxyl groups is 1. The lowest BCUT2D eigenvalue weighted by molar-refractivity contribution is 0.194. The number of rotatable bonds is 6. The molecular formula is C13H17FO2. The standard InChI is InChI=1S/C13H17FO2/c1-3-4-5-8-16-11-6-7-12(10(2)15)13(14)9-11/h3,6-7,9-10,15H,1,4-5,8H2,2H3/t10-/m1/s1. The van der Waals surface area contributed by atoms with E-state index in [1.807, 2.05) is 6.08 Å². The second kappa shape index (κ2) is 6.28. The van der Waals surface area contributed by atoms with E-state index < -0.39 is 11.9 Å². The Morgan fingerprint density at radius 3 is 2.88 bits per heavy atom. The maximum atomic E-state index is 13.4. The minimum Gasteiger partial charge on any atom is -0.493 e. The Hall–Kier alpha value is -1.35. The summed E-state index contributed by atoms with van der Waals surface area (Å²) in [7, 11) is 0. The molecule has 0 aliphatic heterocycles. The van der Waals surface area contributed by atoms with Crippen LogP contribution in [0.5, 0.6) is 5.75 Å². The summed E-state index contributed by atoms with van der Waals surface area (Å²) in [4.78, 5) is 0. The molecule has 1 aromatic carbocycles. The van der Waals surface area contributed by atoms with Crippen molar-refractivity contribution in [2.45, 2.75) is 25.9 Å². The first-order valence-corrected chi connectivity index (χ1v) is 5.36. The fourth-order valence-corrected chi connectivity index (χ4v) is 1.35. The van der Waals surface area contributed by atoms with Crippen LogP contribution in [-0.4, -0.2) is 11.7 Å². The van der Waals surface area contributed by atoms with Gasteiger partial charge in [-0.1, -0.05) is 6.08 Å². The van der Waals surface area contributed by atoms with E-state index in [9.17, 15) is 9.50 Å². The lowest BCUT2D eigenvalue weighted by atomic mass is 10.1. The number of aliphatic hydroxyl groups excluding tert-OH is 1. The monoisotopic (exact) mass is 224 g/mol. The molecule has 1 N–H and O–H groups in total. The van der Waals surface area contributed by atoms with E-state index >= 15 is 0 Å². The minimum absolute atomic E-state index is 0.290. The molecule has 0 saturated heterocycles. The summed E-state index contributed by atoms with van der Waals surface area (Å²) in [5.74, 6) is 0.0576. The van der Waals surface area contributed by atoms with Gasteiger partial charge in [-0.05, 0) is 31.9 Å². The molecule has 0 fully saturated rings. The fraction of sp³-hybridized carbons (Fsp3) is 0.385. The summed E-state index contributed by atoms with van der Waals surface area (Å²) in [5, 5.41) is 9.25. The topological polar surface area (TPSA) is 29.5 Å². The van der Waals surface area contributed by atoms with E-state index in [0.717, 1.165) is 12.8 Å². The molecule has 1 atom stereocenters. The summed E-state index contributed by atoms with van der Waals surface area (Å²) >= 11 is 0. The summed E-state index contributed by atoms with van der Waals surface area (Å²) in [6.07, 6.45) is 2.77. The van der Waals surface area contributed by atoms with Gasteiger partial charge in [0.05, 0.1) is 12.7 Å². The maximum absolute atomic E-state index is 13.4. The molecule has 0 unspecified atom stereocenters. The van der Waals surface area contributed by atoms with Crippen molar-refractivity contribution in [3.8, 4) is 5.75 Å². The van der Waals surface area contributed by atoms with Gasteiger partial charge < -0.3 is 9.84 Å². The Morgan fingerprint density at radius 2 is 2.31 bits per heavy atom. The smallest absolute Gasteiger partial charge is 0.132 e. The van der Waals surface area contributed by atoms with Crippen LogP contribution in [0.2, 0.25) is 0 Å². The summed E-state index contributed by atoms with van der Waals surface area (Å²) in [6, 6.07) is 4.51. The van der Waals surface area contributed by atoms with Crippen molar-refractivity contribution in [2.24, 2.45) is 0 Å². The molecule has 1 rings (SSSR count). The fourth-order valence-electron chi connectivity index (χ4n) is 1.35. The SMILES string of the molecule is C=CCCCOc1ccc([C@@H](C)O)c(F)c1. The first-order chi connectivity index (χ1) is 7.65. The second-order valence-corrected chi connectivity index (χ2v) is 3.64. The van der Waals surface area contributed by atoms with E-state index in [1.165, 1.54) is 13.0 Å². The van der Waals surface area contributed by atoms with Crippen LogP contribution in [0.3, 0.4) is 0 Å². The predicted molar refractivity (Wildman–Crippen MR) is 62.0 cm³/mol. The van der Waals surface area contributed by atoms with Crippen LogP contribution in [0.1, 0.15) is 31.4 Å². The van der Waals surface area contributed by atoms with Gasteiger partial charge >= 0.3 is 0 Å². The predicted octanol–water partition coefficient (Wildman–Crippen LogP) is 3.22. The van der Waals surface area contributed by atoms with Crippen molar-refractivity contribution in [3.63, 3.8) is 0 Å². The summed E-state index contributed by atoms with van der Waals surface area (Å²) in [5.41, 5.74) is 0.290. The zero-order chi connectivity index (χ0) is 12.0. The number of halogens is 1. The first kappa shape index (κ1) is 12.7. The summed E-state index contributed by atoms with van der Waals surface area (Å²) in [6.45, 7) is 5.68. The van der Waals surface area contributed by atoms with Crippen molar-refractivity contribution < 1.29 is 14.2 Å². The zero-order valence-corrected chi connectivity index (χ0v) is 9.45. The highest BCUT2D eigenvalue weighted by Crippen LogP contribution is 2.21. The van der Waals surface area contributed by atoms with Crippen LogP contribution >= 0.6 is 0 Å². The number of hydrogen-bond donors (Lipinski definition) is 1. The molecule has 88 valence electrons. The van der Waals surface area contributed by atoms with Crippen LogP contribution in [0, 0.1) is 5.82 Å². The third kappa shape index (κ3) is 3.66. The Balaban J connectivity index is 2.56. The average Bonchev–Trinajstić information content (AvgIpc) is 2.24. The third-order valence-corrected chi connectivity index (χ3v) is 2.24. The van der Waals surface area contributed by atoms with E-state index in [-0.39, 0.29) is 0 Å². The molecule has 16 heavy (non-hydrogen) atoms. The molecule has 0 saturated carbocycles. The first-order valence-electron chi connectivity index (χ1n) is 5.36. The van der Waals surface area contributed by atoms with Gasteiger partial charge in [0.15, 0.2) is 0 Å². The Kier molecular flexibility index (Phi) is 4.99. The molecule has 0 radical (unpaired) electrons. The largest absolute Gasteiger partial charge is 0.493 e. The van der Waals surface area contributed by atoms with Gasteiger partial charge in [0.1, 0.15) is 11.6 Å². The number of unbranched alkanes of at least 4 members (excludes halogenated alkanes) is 1. The van der Waals surface area contributed by atoms with Crippen LogP contribution in [0.4, 0.5) is 4.39 Å². The zero-order valence-electron chi connectivity index (χ0n) is 9.45. The molecule has 0 amide bonds. The molecule has 0 aromatic heterocycles. The van der Waals surface area contributed by atoms with Crippen LogP contribution in [0.25, 0.3) is 0 Å². The van der Waals surface area contributed by atoms with Crippen molar-refractivity contribution in [3.05, 3.63) is 42.2 Å². The number of benzene rings is 1. The van der Waals surface area contributed by atoms with E-state index in [1.54, 1.807) is 12.1 Å². The molecule has 2 nitrogen and oxygen atoms in total. The second-order valence-electron chi connectivity index (χ2n) is 3.64. The van der Waals surface area contributed by atoms with E-state index in [4.69, 9.17) is 4.74 Å². The van der Waals surface area contributed by atoms with Gasteiger partial charge in [0.25, 0.3) is 0 Å². The normalized spacial score (nSPS) is 12.2. The van der Waals surface area contributed by atoms with Gasteiger partial charge in [0.2, 0.25) is 0 Å². The van der Waals surface area contributed by atoms with Gasteiger partial charge in [0, 0.05) is 11.6 Å². The van der Waals surface area contributed by atoms with Crippen LogP contribution in [-0.2, 0) is 0 Å². The maximum Gasteiger partial charge on any atom is 0.132 e. The van der Waals surface area contributed by atoms with E-state index in [0.29, 0.717) is 17.9 Å². The Morgan fingerprint density at radius 1 is 1.56 bits per heavy atom. The molecule has 1 aromatic rings. The molecule has 0 spiro atoms. The van der Waals surface area contributed by atoms with Gasteiger partial charge in [-0.3, -0.25) is 0 Å². The van der Waals surface area contributed by atoms with Gasteiger partial charge in [-0.15, -0.1) is 6.58 Å². The molecule has 3 heteroatoms. The van der Waals surface area contributed by atoms with Crippen molar-refractivity contribution in [2.75, 3.05) is 6.61 Å². The Bertz CT molecular complexity index is 348. The molecule has 0 aliphatic rings. The molecule has 0 aliphatic carbocycles. The number of hydrogen-bond acceptors (Lipinski definition) is 2. The van der Waals surface area contributed by atoms with Crippen LogP contribution < -0.4 is 4.74 Å². The van der Waals surface area contributed by atoms with Gasteiger partial charge in [-0.2, -0.15) is 0 Å². The lowest BCUT2D eigenvalue weighted by Gasteiger charge is -2.09. The highest BCUT2D eigenvalue weighted by Gasteiger charge is 2.08. The minimum atomic E-state index is -0.796. The van der Waals surface area contributed by atoms with Crippen LogP contribution in [0.15, 0.2) is 30.9 Å². The highest BCUT2D eigenvalue weighted by molar-refractivity contribution is 5.29. The van der Waals surface area contributed by atoms with Crippen molar-refractivity contribution in [1.29, 1.82) is 0 Å². The average molecular weight is 224 g/mol. The van der Waals surface area contributed by atoms with Gasteiger partial charge in [-0.25, -0.2) is 4.39 Å². The Labute approximate surface area is 95.4 Å². The van der Waals surface area contributed by atoms with Crippen molar-refractivity contribution in [1.82, 2.24) is 0 Å². The molecule has 0 heterocycles. The lowest BCUT2D eigenvalue weighted by Crippen LogP contribution is -2.00. The molecule has 0 bridgehead atoms. The summed E-state index contributed by atoms with van der Waals surface area (Å²) < 4.78 is 18.8. The number of allylic oxidation sites excluding steroid dienone is 1. The highest BCUT2D eigenvalue weighted by atomic mass is 19.1. The quantitative estimate of drug-likeness (QED) is 0.594. The third-order valence-electron chi connectivity index (χ3n) is 2.24. The number of ether oxygens (including phenoxy) is 1. The molecular weight excluding hydrogens is 207 g/mol.